The van der Waals surface area contributed by atoms with Crippen LogP contribution in [0.15, 0.2) is 64.5 Å². The molecule has 10 nitrogen and oxygen atoms in total. The van der Waals surface area contributed by atoms with Crippen LogP contribution in [0.25, 0.3) is 0 Å². The maximum Gasteiger partial charge on any atom is 0.264 e. The summed E-state index contributed by atoms with van der Waals surface area (Å²) < 4.78 is 55.5. The van der Waals surface area contributed by atoms with Gasteiger partial charge in [-0.15, -0.1) is 0 Å². The first kappa shape index (κ1) is 26.7. The third kappa shape index (κ3) is 6.32. The first-order valence-corrected chi connectivity index (χ1v) is 14.8. The first-order chi connectivity index (χ1) is 17.6. The van der Waals surface area contributed by atoms with E-state index in [0.717, 1.165) is 25.7 Å². The number of aromatic nitrogens is 2. The van der Waals surface area contributed by atoms with Crippen molar-refractivity contribution in [3.63, 3.8) is 0 Å². The van der Waals surface area contributed by atoms with E-state index in [4.69, 9.17) is 0 Å². The number of carbonyl (C=O) groups is 1. The van der Waals surface area contributed by atoms with Crippen LogP contribution >= 0.6 is 0 Å². The fraction of sp³-hybridized carbons (Fsp3) is 0.320. The Labute approximate surface area is 217 Å². The van der Waals surface area contributed by atoms with Crippen LogP contribution in [0.3, 0.4) is 0 Å². The normalized spacial score (nSPS) is 15.1. The molecule has 0 aliphatic carbocycles. The van der Waals surface area contributed by atoms with E-state index in [9.17, 15) is 21.6 Å². The van der Waals surface area contributed by atoms with Gasteiger partial charge in [-0.05, 0) is 74.7 Å². The molecule has 0 unspecified atom stereocenters. The fourth-order valence-electron chi connectivity index (χ4n) is 4.03. The summed E-state index contributed by atoms with van der Waals surface area (Å²) in [7, 11) is -7.64. The first-order valence-electron chi connectivity index (χ1n) is 11.9. The van der Waals surface area contributed by atoms with E-state index >= 15 is 0 Å². The lowest BCUT2D eigenvalue weighted by molar-refractivity contribution is 0.102. The van der Waals surface area contributed by atoms with E-state index in [1.54, 1.807) is 26.0 Å². The number of benzene rings is 2. The summed E-state index contributed by atoms with van der Waals surface area (Å²) in [5.74, 6) is -0.532. The molecule has 37 heavy (non-hydrogen) atoms. The molecule has 0 saturated carbocycles. The molecule has 1 saturated heterocycles. The number of carbonyl (C=O) groups excluding carboxylic acids is 1. The van der Waals surface area contributed by atoms with Crippen molar-refractivity contribution in [1.29, 1.82) is 0 Å². The number of rotatable bonds is 7. The van der Waals surface area contributed by atoms with Crippen LogP contribution in [0.2, 0.25) is 0 Å². The van der Waals surface area contributed by atoms with E-state index < -0.39 is 26.0 Å². The van der Waals surface area contributed by atoms with E-state index in [0.29, 0.717) is 30.0 Å². The van der Waals surface area contributed by atoms with Gasteiger partial charge in [-0.1, -0.05) is 18.9 Å². The number of anilines is 2. The van der Waals surface area contributed by atoms with Crippen molar-refractivity contribution in [2.45, 2.75) is 49.3 Å². The predicted octanol–water partition coefficient (Wildman–Crippen LogP) is 3.71. The van der Waals surface area contributed by atoms with Crippen molar-refractivity contribution >= 4 is 37.6 Å². The molecule has 2 N–H and O–H groups in total. The fourth-order valence-corrected chi connectivity index (χ4v) is 6.53. The van der Waals surface area contributed by atoms with Crippen LogP contribution in [0.1, 0.15) is 47.3 Å². The number of hydrogen-bond donors (Lipinski definition) is 2. The lowest BCUT2D eigenvalue weighted by Crippen LogP contribution is -2.32. The molecule has 0 spiro atoms. The van der Waals surface area contributed by atoms with Gasteiger partial charge in [-0.2, -0.15) is 4.31 Å². The minimum absolute atomic E-state index is 0.0303. The molecule has 2 heterocycles. The monoisotopic (exact) mass is 543 g/mol. The lowest BCUT2D eigenvalue weighted by Gasteiger charge is -2.20. The summed E-state index contributed by atoms with van der Waals surface area (Å²) in [6, 6.07) is 11.8. The number of sulfonamides is 2. The number of aryl methyl sites for hydroxylation is 2. The second-order valence-corrected chi connectivity index (χ2v) is 12.5. The Morgan fingerprint density at radius 3 is 2.16 bits per heavy atom. The highest BCUT2D eigenvalue weighted by Gasteiger charge is 2.26. The molecule has 3 aromatic rings. The minimum Gasteiger partial charge on any atom is -0.322 e. The zero-order chi connectivity index (χ0) is 26.6. The highest BCUT2D eigenvalue weighted by molar-refractivity contribution is 7.92. The van der Waals surface area contributed by atoms with E-state index in [2.05, 4.69) is 20.0 Å². The number of nitrogens with zero attached hydrogens (tertiary/aromatic N) is 3. The zero-order valence-electron chi connectivity index (χ0n) is 20.6. The van der Waals surface area contributed by atoms with Crippen LogP contribution in [0.5, 0.6) is 0 Å². The summed E-state index contributed by atoms with van der Waals surface area (Å²) in [6.07, 6.45) is 5.09. The highest BCUT2D eigenvalue weighted by Crippen LogP contribution is 2.24. The van der Waals surface area contributed by atoms with Gasteiger partial charge in [0.25, 0.3) is 15.9 Å². The van der Waals surface area contributed by atoms with Gasteiger partial charge in [0.1, 0.15) is 0 Å². The molecular weight excluding hydrogens is 514 g/mol. The average molecular weight is 544 g/mol. The molecule has 0 radical (unpaired) electrons. The summed E-state index contributed by atoms with van der Waals surface area (Å²) >= 11 is 0. The quantitative estimate of drug-likeness (QED) is 0.463. The Hall–Kier alpha value is -3.35. The smallest absolute Gasteiger partial charge is 0.264 e. The molecule has 12 heteroatoms. The molecular formula is C25H29N5O5S2. The molecule has 1 aromatic heterocycles. The van der Waals surface area contributed by atoms with Crippen molar-refractivity contribution in [2.24, 2.45) is 0 Å². The van der Waals surface area contributed by atoms with Crippen LogP contribution in [0, 0.1) is 13.8 Å². The number of hydrogen-bond acceptors (Lipinski definition) is 7. The van der Waals surface area contributed by atoms with E-state index in [1.807, 2.05) is 0 Å². The number of nitrogens with one attached hydrogen (secondary N) is 2. The molecule has 1 amide bonds. The van der Waals surface area contributed by atoms with Crippen LogP contribution in [-0.4, -0.2) is 50.1 Å². The molecule has 1 fully saturated rings. The van der Waals surface area contributed by atoms with Gasteiger partial charge < -0.3 is 5.32 Å². The predicted molar refractivity (Wildman–Crippen MR) is 140 cm³/mol. The van der Waals surface area contributed by atoms with Crippen molar-refractivity contribution in [2.75, 3.05) is 23.1 Å². The Kier molecular flexibility index (Phi) is 7.90. The van der Waals surface area contributed by atoms with Crippen molar-refractivity contribution in [1.82, 2.24) is 14.3 Å². The Morgan fingerprint density at radius 2 is 1.51 bits per heavy atom. The molecule has 0 bridgehead atoms. The van der Waals surface area contributed by atoms with Gasteiger partial charge in [0, 0.05) is 36.2 Å². The Balaban J connectivity index is 1.50. The minimum atomic E-state index is -3.93. The third-order valence-electron chi connectivity index (χ3n) is 6.10. The van der Waals surface area contributed by atoms with Crippen molar-refractivity contribution in [3.8, 4) is 0 Å². The third-order valence-corrected chi connectivity index (χ3v) is 9.34. The van der Waals surface area contributed by atoms with Gasteiger partial charge in [0.2, 0.25) is 16.0 Å². The van der Waals surface area contributed by atoms with E-state index in [1.165, 1.54) is 46.9 Å². The van der Waals surface area contributed by atoms with E-state index in [-0.39, 0.29) is 21.3 Å². The molecule has 1 aliphatic heterocycles. The van der Waals surface area contributed by atoms with Crippen LogP contribution < -0.4 is 10.0 Å². The Bertz CT molecular complexity index is 1500. The van der Waals surface area contributed by atoms with Gasteiger partial charge in [-0.3, -0.25) is 4.79 Å². The summed E-state index contributed by atoms with van der Waals surface area (Å²) in [5, 5.41) is 2.72. The topological polar surface area (TPSA) is 138 Å². The average Bonchev–Trinajstić information content (AvgIpc) is 3.14. The molecule has 0 atom stereocenters. The van der Waals surface area contributed by atoms with Crippen LogP contribution in [0.4, 0.5) is 11.6 Å². The summed E-state index contributed by atoms with van der Waals surface area (Å²) in [6.45, 7) is 4.39. The summed E-state index contributed by atoms with van der Waals surface area (Å²) in [4.78, 5) is 21.0. The second kappa shape index (κ2) is 11.0. The number of amides is 1. The summed E-state index contributed by atoms with van der Waals surface area (Å²) in [5.41, 5.74) is 1.82. The van der Waals surface area contributed by atoms with Gasteiger partial charge in [0.15, 0.2) is 0 Å². The Morgan fingerprint density at radius 1 is 0.865 bits per heavy atom. The maximum atomic E-state index is 13.2. The van der Waals surface area contributed by atoms with Gasteiger partial charge in [-0.25, -0.2) is 31.5 Å². The van der Waals surface area contributed by atoms with Crippen molar-refractivity contribution in [3.05, 3.63) is 71.5 Å². The molecule has 1 aliphatic rings. The standard InChI is InChI=1S/C25H29N5O5S2/c1-18-7-10-22(37(34,35)30-15-5-3-4-6-16-30)17-23(18)24(31)28-20-8-11-21(12-9-20)36(32,33)29-25-26-14-13-19(2)27-25/h7-14,17H,3-6,15-16H2,1-2H3,(H,28,31)(H,26,27,29). The molecule has 196 valence electrons. The zero-order valence-corrected chi connectivity index (χ0v) is 22.3. The SMILES string of the molecule is Cc1ccnc(NS(=O)(=O)c2ccc(NC(=O)c3cc(S(=O)(=O)N4CCCCCC4)ccc3C)cc2)n1. The van der Waals surface area contributed by atoms with Crippen LogP contribution in [-0.2, 0) is 20.0 Å². The maximum absolute atomic E-state index is 13.2. The lowest BCUT2D eigenvalue weighted by atomic mass is 10.1. The van der Waals surface area contributed by atoms with Crippen molar-refractivity contribution < 1.29 is 21.6 Å². The van der Waals surface area contributed by atoms with Gasteiger partial charge >= 0.3 is 0 Å². The largest absolute Gasteiger partial charge is 0.322 e. The second-order valence-electron chi connectivity index (χ2n) is 8.90. The molecule has 4 rings (SSSR count). The van der Waals surface area contributed by atoms with Gasteiger partial charge in [0.05, 0.1) is 9.79 Å². The molecule has 2 aromatic carbocycles. The highest BCUT2D eigenvalue weighted by atomic mass is 32.2.